The molecule has 0 unspecified atom stereocenters. The third-order valence-corrected chi connectivity index (χ3v) is 6.03. The van der Waals surface area contributed by atoms with Gasteiger partial charge in [0.1, 0.15) is 0 Å². The minimum atomic E-state index is -0.422. The van der Waals surface area contributed by atoms with Crippen molar-refractivity contribution >= 4 is 40.2 Å². The fraction of sp³-hybridized carbons (Fsp3) is 0.150. The van der Waals surface area contributed by atoms with E-state index < -0.39 is 11.2 Å². The van der Waals surface area contributed by atoms with E-state index in [0.717, 1.165) is 15.0 Å². The van der Waals surface area contributed by atoms with Crippen molar-refractivity contribution in [3.05, 3.63) is 80.0 Å². The fourth-order valence-electron chi connectivity index (χ4n) is 3.10. The van der Waals surface area contributed by atoms with Crippen molar-refractivity contribution in [3.63, 3.8) is 0 Å². The van der Waals surface area contributed by atoms with Crippen LogP contribution in [0.3, 0.4) is 0 Å². The topological polar surface area (TPSA) is 87.8 Å². The van der Waals surface area contributed by atoms with Gasteiger partial charge >= 0.3 is 5.69 Å². The zero-order valence-electron chi connectivity index (χ0n) is 15.8. The highest BCUT2D eigenvalue weighted by atomic mass is 35.5. The largest absolute Gasteiger partial charge is 0.398 e. The van der Waals surface area contributed by atoms with Crippen LogP contribution in [-0.4, -0.2) is 18.7 Å². The third-order valence-electron chi connectivity index (χ3n) is 4.69. The van der Waals surface area contributed by atoms with Crippen molar-refractivity contribution in [2.75, 3.05) is 5.73 Å². The van der Waals surface area contributed by atoms with E-state index >= 15 is 0 Å². The molecule has 0 amide bonds. The number of halogens is 1. The van der Waals surface area contributed by atoms with Crippen LogP contribution >= 0.6 is 23.4 Å². The molecule has 0 atom stereocenters. The molecule has 148 valence electrons. The highest BCUT2D eigenvalue weighted by Gasteiger charge is 2.20. The average molecular weight is 428 g/mol. The monoisotopic (exact) mass is 427 g/mol. The molecule has 0 radical (unpaired) electrons. The van der Waals surface area contributed by atoms with Crippen molar-refractivity contribution in [1.82, 2.24) is 18.7 Å². The summed E-state index contributed by atoms with van der Waals surface area (Å²) >= 11 is 7.36. The minimum Gasteiger partial charge on any atom is -0.398 e. The van der Waals surface area contributed by atoms with Crippen LogP contribution in [0.2, 0.25) is 5.02 Å². The Kier molecular flexibility index (Phi) is 4.97. The molecular weight excluding hydrogens is 410 g/mol. The number of hydrogen-bond acceptors (Lipinski definition) is 5. The molecule has 2 aromatic heterocycles. The van der Waals surface area contributed by atoms with Crippen LogP contribution in [-0.2, 0) is 20.6 Å². The van der Waals surface area contributed by atoms with Crippen LogP contribution in [0.15, 0.2) is 68.2 Å². The van der Waals surface area contributed by atoms with Crippen LogP contribution in [0.25, 0.3) is 11.2 Å². The molecule has 0 spiro atoms. The first-order valence-electron chi connectivity index (χ1n) is 8.80. The molecule has 0 aliphatic carbocycles. The molecule has 4 aromatic rings. The molecule has 0 saturated heterocycles. The van der Waals surface area contributed by atoms with Gasteiger partial charge in [-0.05, 0) is 41.6 Å². The number of nitrogen functional groups attached to an aromatic ring is 1. The second-order valence-corrected chi connectivity index (χ2v) is 8.07. The van der Waals surface area contributed by atoms with Gasteiger partial charge in [0.2, 0.25) is 0 Å². The van der Waals surface area contributed by atoms with E-state index in [4.69, 9.17) is 17.3 Å². The summed E-state index contributed by atoms with van der Waals surface area (Å²) in [5, 5.41) is 1.21. The maximum Gasteiger partial charge on any atom is 0.332 e. The maximum atomic E-state index is 12.9. The van der Waals surface area contributed by atoms with E-state index in [0.29, 0.717) is 33.6 Å². The summed E-state index contributed by atoms with van der Waals surface area (Å²) in [7, 11) is 3.07. The zero-order chi connectivity index (χ0) is 20.7. The number of aromatic nitrogens is 4. The van der Waals surface area contributed by atoms with E-state index in [2.05, 4.69) is 4.98 Å². The van der Waals surface area contributed by atoms with Crippen molar-refractivity contribution < 1.29 is 0 Å². The highest BCUT2D eigenvalue weighted by molar-refractivity contribution is 7.99. The number of fused-ring (bicyclic) bond motifs is 1. The van der Waals surface area contributed by atoms with E-state index in [9.17, 15) is 9.59 Å². The second kappa shape index (κ2) is 7.46. The molecule has 2 heterocycles. The van der Waals surface area contributed by atoms with Crippen LogP contribution in [0.5, 0.6) is 0 Å². The molecule has 0 aliphatic heterocycles. The van der Waals surface area contributed by atoms with Gasteiger partial charge in [0.25, 0.3) is 5.56 Å². The molecule has 9 heteroatoms. The number of benzene rings is 2. The molecule has 0 saturated carbocycles. The predicted molar refractivity (Wildman–Crippen MR) is 116 cm³/mol. The first kappa shape index (κ1) is 19.4. The van der Waals surface area contributed by atoms with Gasteiger partial charge in [-0.3, -0.25) is 13.9 Å². The molecule has 2 N–H and O–H groups in total. The van der Waals surface area contributed by atoms with E-state index in [-0.39, 0.29) is 0 Å². The van der Waals surface area contributed by atoms with E-state index in [1.54, 1.807) is 19.2 Å². The Morgan fingerprint density at radius 1 is 1.03 bits per heavy atom. The molecule has 2 aromatic carbocycles. The van der Waals surface area contributed by atoms with Gasteiger partial charge in [0.15, 0.2) is 16.3 Å². The highest BCUT2D eigenvalue weighted by Crippen LogP contribution is 2.33. The molecule has 0 aliphatic rings. The number of para-hydroxylation sites is 1. The Morgan fingerprint density at radius 3 is 2.41 bits per heavy atom. The van der Waals surface area contributed by atoms with Gasteiger partial charge in [-0.25, -0.2) is 9.78 Å². The van der Waals surface area contributed by atoms with Crippen LogP contribution < -0.4 is 17.0 Å². The van der Waals surface area contributed by atoms with Gasteiger partial charge < -0.3 is 10.3 Å². The summed E-state index contributed by atoms with van der Waals surface area (Å²) in [5.41, 5.74) is 7.55. The van der Waals surface area contributed by atoms with E-state index in [1.165, 1.54) is 23.4 Å². The van der Waals surface area contributed by atoms with Gasteiger partial charge in [-0.15, -0.1) is 0 Å². The Bertz CT molecular complexity index is 1340. The Labute approximate surface area is 175 Å². The lowest BCUT2D eigenvalue weighted by atomic mass is 10.2. The van der Waals surface area contributed by atoms with Gasteiger partial charge in [-0.2, -0.15) is 0 Å². The van der Waals surface area contributed by atoms with E-state index in [1.807, 2.05) is 41.0 Å². The smallest absolute Gasteiger partial charge is 0.332 e. The minimum absolute atomic E-state index is 0.337. The van der Waals surface area contributed by atoms with Gasteiger partial charge in [0.05, 0.1) is 6.54 Å². The van der Waals surface area contributed by atoms with Gasteiger partial charge in [0, 0.05) is 29.7 Å². The maximum absolute atomic E-state index is 12.9. The van der Waals surface area contributed by atoms with Crippen molar-refractivity contribution in [2.45, 2.75) is 16.6 Å². The predicted octanol–water partition coefficient (Wildman–Crippen LogP) is 2.87. The number of hydrogen-bond donors (Lipinski definition) is 1. The molecule has 0 bridgehead atoms. The zero-order valence-corrected chi connectivity index (χ0v) is 17.4. The Morgan fingerprint density at radius 2 is 1.72 bits per heavy atom. The quantitative estimate of drug-likeness (QED) is 0.506. The lowest BCUT2D eigenvalue weighted by molar-refractivity contribution is 0.696. The van der Waals surface area contributed by atoms with Crippen molar-refractivity contribution in [1.29, 1.82) is 0 Å². The second-order valence-electron chi connectivity index (χ2n) is 6.62. The van der Waals surface area contributed by atoms with Crippen molar-refractivity contribution in [2.24, 2.45) is 14.1 Å². The van der Waals surface area contributed by atoms with Crippen LogP contribution in [0, 0.1) is 0 Å². The summed E-state index contributed by atoms with van der Waals surface area (Å²) < 4.78 is 4.29. The lowest BCUT2D eigenvalue weighted by Gasteiger charge is -2.10. The fourth-order valence-corrected chi connectivity index (χ4v) is 4.15. The number of imidazole rings is 1. The first-order valence-corrected chi connectivity index (χ1v) is 9.99. The number of anilines is 1. The number of aryl methyl sites for hydroxylation is 1. The Balaban J connectivity index is 1.96. The molecule has 7 nitrogen and oxygen atoms in total. The summed E-state index contributed by atoms with van der Waals surface area (Å²) in [6.45, 7) is 0.399. The number of nitrogens with zero attached hydrogens (tertiary/aromatic N) is 4. The normalized spacial score (nSPS) is 11.3. The summed E-state index contributed by atoms with van der Waals surface area (Å²) in [4.78, 5) is 30.7. The Hall–Kier alpha value is -2.97. The van der Waals surface area contributed by atoms with Crippen molar-refractivity contribution in [3.8, 4) is 0 Å². The van der Waals surface area contributed by atoms with Crippen LogP contribution in [0.4, 0.5) is 5.69 Å². The van der Waals surface area contributed by atoms with Crippen LogP contribution in [0.1, 0.15) is 5.56 Å². The third kappa shape index (κ3) is 3.45. The SMILES string of the molecule is Cn1c(=O)c2c(nc(Sc3ccccc3N)n2Cc2ccc(Cl)cc2)n(C)c1=O. The summed E-state index contributed by atoms with van der Waals surface area (Å²) in [5.74, 6) is 0. The average Bonchev–Trinajstić information content (AvgIpc) is 3.06. The number of nitrogens with two attached hydrogens (primary N) is 1. The molecular formula is C20H18ClN5O2S. The lowest BCUT2D eigenvalue weighted by Crippen LogP contribution is -2.37. The summed E-state index contributed by atoms with van der Waals surface area (Å²) in [6, 6.07) is 14.8. The molecule has 4 rings (SSSR count). The summed E-state index contributed by atoms with van der Waals surface area (Å²) in [6.07, 6.45) is 0. The number of rotatable bonds is 4. The first-order chi connectivity index (χ1) is 13.9. The standard InChI is InChI=1S/C20H18ClN5O2S/c1-24-17-16(18(27)25(2)20(24)28)26(11-12-7-9-13(21)10-8-12)19(23-17)29-15-6-4-3-5-14(15)22/h3-10H,11,22H2,1-2H3. The van der Waals surface area contributed by atoms with Gasteiger partial charge in [-0.1, -0.05) is 35.9 Å². The molecule has 0 fully saturated rings. The molecule has 29 heavy (non-hydrogen) atoms.